The maximum absolute atomic E-state index is 11.9. The average molecular weight is 325 g/mol. The molecule has 0 aliphatic carbocycles. The number of Topliss-reactive ketones (excluding diaryl/α,β-unsaturated/α-hetero) is 1. The molecule has 0 unspecified atom stereocenters. The summed E-state index contributed by atoms with van der Waals surface area (Å²) in [5.74, 6) is 0.410. The number of aryl methyl sites for hydroxylation is 1. The highest BCUT2D eigenvalue weighted by atomic mass is 16.1. The molecule has 4 heteroatoms. The van der Waals surface area contributed by atoms with Gasteiger partial charge in [0.1, 0.15) is 5.78 Å². The van der Waals surface area contributed by atoms with Crippen molar-refractivity contribution in [2.75, 3.05) is 18.0 Å². The van der Waals surface area contributed by atoms with Gasteiger partial charge in [-0.1, -0.05) is 26.0 Å². The number of benzene rings is 1. The molecule has 2 heterocycles. The van der Waals surface area contributed by atoms with Crippen LogP contribution in [0.2, 0.25) is 0 Å². The summed E-state index contributed by atoms with van der Waals surface area (Å²) in [6, 6.07) is 9.01. The fourth-order valence-electron chi connectivity index (χ4n) is 3.25. The van der Waals surface area contributed by atoms with Gasteiger partial charge in [-0.3, -0.25) is 9.48 Å². The summed E-state index contributed by atoms with van der Waals surface area (Å²) >= 11 is 0. The minimum Gasteiger partial charge on any atom is -0.371 e. The number of rotatable bonds is 5. The maximum Gasteiger partial charge on any atom is 0.139 e. The number of ketones is 1. The van der Waals surface area contributed by atoms with E-state index in [4.69, 9.17) is 0 Å². The molecule has 0 atom stereocenters. The van der Waals surface area contributed by atoms with Crippen LogP contribution in [-0.4, -0.2) is 28.7 Å². The second kappa shape index (κ2) is 7.20. The molecule has 3 rings (SSSR count). The Balaban J connectivity index is 1.57. The molecule has 2 aromatic rings. The Morgan fingerprint density at radius 2 is 1.88 bits per heavy atom. The van der Waals surface area contributed by atoms with Crippen LogP contribution in [0.1, 0.15) is 43.9 Å². The first-order valence-electron chi connectivity index (χ1n) is 8.90. The highest BCUT2D eigenvalue weighted by molar-refractivity contribution is 5.82. The summed E-state index contributed by atoms with van der Waals surface area (Å²) in [4.78, 5) is 14.3. The number of carbonyl (C=O) groups is 1. The van der Waals surface area contributed by atoms with E-state index in [9.17, 15) is 4.79 Å². The first-order valence-corrected chi connectivity index (χ1v) is 8.90. The van der Waals surface area contributed by atoms with E-state index >= 15 is 0 Å². The van der Waals surface area contributed by atoms with Gasteiger partial charge in [0.25, 0.3) is 0 Å². The van der Waals surface area contributed by atoms with Gasteiger partial charge in [-0.2, -0.15) is 5.10 Å². The van der Waals surface area contributed by atoms with Gasteiger partial charge in [-0.25, -0.2) is 0 Å². The predicted octanol–water partition coefficient (Wildman–Crippen LogP) is 3.80. The van der Waals surface area contributed by atoms with Gasteiger partial charge in [0.15, 0.2) is 0 Å². The van der Waals surface area contributed by atoms with E-state index in [1.54, 1.807) is 0 Å². The van der Waals surface area contributed by atoms with Crippen LogP contribution in [0.3, 0.4) is 0 Å². The normalized spacial score (nSPS) is 15.9. The Kier molecular flexibility index (Phi) is 5.03. The Morgan fingerprint density at radius 3 is 2.42 bits per heavy atom. The van der Waals surface area contributed by atoms with Gasteiger partial charge in [-0.15, -0.1) is 0 Å². The maximum atomic E-state index is 11.9. The van der Waals surface area contributed by atoms with E-state index in [2.05, 4.69) is 52.1 Å². The van der Waals surface area contributed by atoms with Crippen molar-refractivity contribution in [3.05, 3.63) is 47.8 Å². The molecule has 4 nitrogen and oxygen atoms in total. The van der Waals surface area contributed by atoms with Crippen LogP contribution >= 0.6 is 0 Å². The summed E-state index contributed by atoms with van der Waals surface area (Å²) in [5, 5.41) is 4.46. The molecule has 1 aromatic carbocycles. The molecule has 1 aliphatic heterocycles. The largest absolute Gasteiger partial charge is 0.371 e. The molecule has 0 saturated carbocycles. The first-order chi connectivity index (χ1) is 11.5. The van der Waals surface area contributed by atoms with Crippen LogP contribution in [0.5, 0.6) is 0 Å². The molecule has 0 N–H and O–H groups in total. The van der Waals surface area contributed by atoms with Crippen LogP contribution in [0.25, 0.3) is 0 Å². The Labute approximate surface area is 144 Å². The van der Waals surface area contributed by atoms with Crippen molar-refractivity contribution < 1.29 is 4.79 Å². The van der Waals surface area contributed by atoms with Crippen molar-refractivity contribution in [2.45, 2.75) is 46.1 Å². The van der Waals surface area contributed by atoms with E-state index in [0.717, 1.165) is 31.5 Å². The van der Waals surface area contributed by atoms with Gasteiger partial charge in [0.05, 0.1) is 12.2 Å². The Hall–Kier alpha value is -2.10. The highest BCUT2D eigenvalue weighted by Gasteiger charge is 2.21. The monoisotopic (exact) mass is 325 g/mol. The van der Waals surface area contributed by atoms with Gasteiger partial charge in [-0.05, 0) is 43.0 Å². The molecule has 1 aromatic heterocycles. The molecular formula is C20H27N3O. The van der Waals surface area contributed by atoms with Crippen LogP contribution in [0.4, 0.5) is 5.69 Å². The van der Waals surface area contributed by atoms with E-state index < -0.39 is 0 Å². The number of nitrogens with zero attached hydrogens (tertiary/aromatic N) is 3. The summed E-state index contributed by atoms with van der Waals surface area (Å²) in [5.41, 5.74) is 3.59. The minimum absolute atomic E-state index is 0.106. The second-order valence-corrected chi connectivity index (χ2v) is 7.18. The minimum atomic E-state index is 0.106. The Bertz CT molecular complexity index is 679. The number of anilines is 1. The summed E-state index contributed by atoms with van der Waals surface area (Å²) in [7, 11) is 0. The second-order valence-electron chi connectivity index (χ2n) is 7.18. The molecule has 24 heavy (non-hydrogen) atoms. The van der Waals surface area contributed by atoms with Gasteiger partial charge in [0.2, 0.25) is 0 Å². The Morgan fingerprint density at radius 1 is 1.21 bits per heavy atom. The van der Waals surface area contributed by atoms with Crippen molar-refractivity contribution in [2.24, 2.45) is 5.92 Å². The highest BCUT2D eigenvalue weighted by Crippen LogP contribution is 2.26. The van der Waals surface area contributed by atoms with E-state index in [1.165, 1.54) is 11.3 Å². The lowest BCUT2D eigenvalue weighted by molar-refractivity contribution is -0.121. The SMILES string of the molecule is Cc1cnn(C2CCN(c3ccc(CC(=O)C(C)C)cc3)CC2)c1. The smallest absolute Gasteiger partial charge is 0.139 e. The van der Waals surface area contributed by atoms with Crippen LogP contribution in [-0.2, 0) is 11.2 Å². The molecule has 128 valence electrons. The standard InChI is InChI=1S/C20H27N3O/c1-15(2)20(24)12-17-4-6-18(7-5-17)22-10-8-19(9-11-22)23-14-16(3)13-21-23/h4-7,13-15,19H,8-12H2,1-3H3. The molecule has 1 aliphatic rings. The number of piperidine rings is 1. The van der Waals surface area contributed by atoms with E-state index in [0.29, 0.717) is 18.2 Å². The lowest BCUT2D eigenvalue weighted by Crippen LogP contribution is -2.34. The third-order valence-corrected chi connectivity index (χ3v) is 4.89. The van der Waals surface area contributed by atoms with Crippen molar-refractivity contribution in [1.82, 2.24) is 9.78 Å². The summed E-state index contributed by atoms with van der Waals surface area (Å²) in [6.07, 6.45) is 6.85. The van der Waals surface area contributed by atoms with Crippen molar-refractivity contribution in [1.29, 1.82) is 0 Å². The molecule has 0 spiro atoms. The third kappa shape index (κ3) is 3.86. The lowest BCUT2D eigenvalue weighted by Gasteiger charge is -2.33. The number of carbonyl (C=O) groups excluding carboxylic acids is 1. The summed E-state index contributed by atoms with van der Waals surface area (Å²) in [6.45, 7) is 8.11. The van der Waals surface area contributed by atoms with Gasteiger partial charge >= 0.3 is 0 Å². The molecular weight excluding hydrogens is 298 g/mol. The van der Waals surface area contributed by atoms with Crippen molar-refractivity contribution >= 4 is 11.5 Å². The topological polar surface area (TPSA) is 38.1 Å². The summed E-state index contributed by atoms with van der Waals surface area (Å²) < 4.78 is 2.12. The zero-order chi connectivity index (χ0) is 17.1. The van der Waals surface area contributed by atoms with Gasteiger partial charge in [0, 0.05) is 37.3 Å². The zero-order valence-electron chi connectivity index (χ0n) is 14.9. The van der Waals surface area contributed by atoms with Crippen molar-refractivity contribution in [3.63, 3.8) is 0 Å². The molecule has 1 saturated heterocycles. The van der Waals surface area contributed by atoms with Gasteiger partial charge < -0.3 is 4.90 Å². The first kappa shape index (κ1) is 16.7. The quantitative estimate of drug-likeness (QED) is 0.839. The zero-order valence-corrected chi connectivity index (χ0v) is 14.9. The molecule has 0 bridgehead atoms. The van der Waals surface area contributed by atoms with Crippen LogP contribution in [0.15, 0.2) is 36.7 Å². The van der Waals surface area contributed by atoms with Crippen LogP contribution < -0.4 is 4.90 Å². The molecule has 1 fully saturated rings. The fourth-order valence-corrected chi connectivity index (χ4v) is 3.25. The van der Waals surface area contributed by atoms with Crippen molar-refractivity contribution in [3.8, 4) is 0 Å². The average Bonchev–Trinajstić information content (AvgIpc) is 3.02. The number of aromatic nitrogens is 2. The molecule has 0 amide bonds. The fraction of sp³-hybridized carbons (Fsp3) is 0.500. The number of hydrogen-bond acceptors (Lipinski definition) is 3. The number of hydrogen-bond donors (Lipinski definition) is 0. The van der Waals surface area contributed by atoms with E-state index in [1.807, 2.05) is 20.0 Å². The lowest BCUT2D eigenvalue weighted by atomic mass is 10.00. The third-order valence-electron chi connectivity index (χ3n) is 4.89. The van der Waals surface area contributed by atoms with Crippen LogP contribution in [0, 0.1) is 12.8 Å². The predicted molar refractivity (Wildman–Crippen MR) is 97.4 cm³/mol. The van der Waals surface area contributed by atoms with E-state index in [-0.39, 0.29) is 5.92 Å². The molecule has 0 radical (unpaired) electrons.